The quantitative estimate of drug-likeness (QED) is 0.585. The third-order valence-electron chi connectivity index (χ3n) is 2.66. The molecule has 0 aliphatic carbocycles. The molecule has 2 nitrogen and oxygen atoms in total. The average Bonchev–Trinajstić information content (AvgIpc) is 2.71. The molecule has 2 rings (SSSR count). The van der Waals surface area contributed by atoms with Gasteiger partial charge in [-0.15, -0.1) is 11.3 Å². The summed E-state index contributed by atoms with van der Waals surface area (Å²) in [4.78, 5) is 13.9. The molecule has 1 aromatic carbocycles. The van der Waals surface area contributed by atoms with Gasteiger partial charge in [-0.2, -0.15) is 4.39 Å². The number of hydrogen-bond acceptors (Lipinski definition) is 3. The number of ether oxygens (including phenoxy) is 1. The molecule has 6 heteroatoms. The topological polar surface area (TPSA) is 26.3 Å². The van der Waals surface area contributed by atoms with Crippen LogP contribution in [0.1, 0.15) is 20.1 Å². The molecule has 0 unspecified atom stereocenters. The van der Waals surface area contributed by atoms with Gasteiger partial charge in [-0.3, -0.25) is 4.79 Å². The Hall–Kier alpha value is -1.27. The Labute approximate surface area is 127 Å². The Bertz CT molecular complexity index is 667. The van der Waals surface area contributed by atoms with E-state index in [9.17, 15) is 13.6 Å². The number of rotatable bonds is 4. The summed E-state index contributed by atoms with van der Waals surface area (Å²) in [6.07, 6.45) is 0. The van der Waals surface area contributed by atoms with Crippen LogP contribution in [0, 0.1) is 25.5 Å². The van der Waals surface area contributed by atoms with Crippen LogP contribution in [0.4, 0.5) is 8.78 Å². The molecule has 0 spiro atoms. The lowest BCUT2D eigenvalue weighted by Gasteiger charge is -2.07. The fourth-order valence-electron chi connectivity index (χ4n) is 1.77. The molecule has 106 valence electrons. The van der Waals surface area contributed by atoms with Crippen molar-refractivity contribution < 1.29 is 18.3 Å². The van der Waals surface area contributed by atoms with Gasteiger partial charge in [0.15, 0.2) is 18.2 Å². The molecule has 0 bridgehead atoms. The molecule has 0 saturated carbocycles. The summed E-state index contributed by atoms with van der Waals surface area (Å²) >= 11 is 4.55. The molecule has 0 atom stereocenters. The van der Waals surface area contributed by atoms with Crippen LogP contribution in [-0.2, 0) is 0 Å². The van der Waals surface area contributed by atoms with Crippen LogP contribution in [0.2, 0.25) is 0 Å². The Balaban J connectivity index is 2.13. The average molecular weight is 361 g/mol. The maximum atomic E-state index is 13.5. The molecule has 0 amide bonds. The monoisotopic (exact) mass is 360 g/mol. The fourth-order valence-corrected chi connectivity index (χ4v) is 3.12. The van der Waals surface area contributed by atoms with Crippen LogP contribution >= 0.6 is 27.3 Å². The number of benzene rings is 1. The molecule has 0 aliphatic heterocycles. The van der Waals surface area contributed by atoms with E-state index in [1.165, 1.54) is 17.4 Å². The van der Waals surface area contributed by atoms with Crippen molar-refractivity contribution >= 4 is 33.0 Å². The van der Waals surface area contributed by atoms with E-state index in [0.717, 1.165) is 15.8 Å². The zero-order chi connectivity index (χ0) is 14.9. The third kappa shape index (κ3) is 3.24. The van der Waals surface area contributed by atoms with E-state index in [2.05, 4.69) is 15.9 Å². The summed E-state index contributed by atoms with van der Waals surface area (Å²) in [7, 11) is 0. The van der Waals surface area contributed by atoms with E-state index >= 15 is 0 Å². The standard InChI is InChI=1S/C14H11BrF2O2S/c1-7-3-10(8(2)20-7)12(18)6-19-13-5-9(15)4-11(16)14(13)17/h3-5H,6H2,1-2H3. The van der Waals surface area contributed by atoms with Gasteiger partial charge >= 0.3 is 0 Å². The van der Waals surface area contributed by atoms with Gasteiger partial charge in [0, 0.05) is 19.8 Å². The first-order valence-electron chi connectivity index (χ1n) is 5.76. The molecule has 1 heterocycles. The zero-order valence-corrected chi connectivity index (χ0v) is 13.2. The molecular weight excluding hydrogens is 350 g/mol. The Morgan fingerprint density at radius 2 is 2.00 bits per heavy atom. The summed E-state index contributed by atoms with van der Waals surface area (Å²) < 4.78 is 32.1. The van der Waals surface area contributed by atoms with Crippen molar-refractivity contribution in [2.45, 2.75) is 13.8 Å². The molecule has 0 fully saturated rings. The van der Waals surface area contributed by atoms with Crippen LogP contribution in [0.3, 0.4) is 0 Å². The zero-order valence-electron chi connectivity index (χ0n) is 10.8. The Kier molecular flexibility index (Phi) is 4.55. The second-order valence-corrected chi connectivity index (χ2v) is 6.61. The number of aryl methyl sites for hydroxylation is 2. The van der Waals surface area contributed by atoms with Crippen molar-refractivity contribution in [1.82, 2.24) is 0 Å². The van der Waals surface area contributed by atoms with Gasteiger partial charge in [-0.05, 0) is 32.0 Å². The minimum absolute atomic E-state index is 0.258. The molecule has 0 N–H and O–H groups in total. The van der Waals surface area contributed by atoms with Crippen molar-refractivity contribution in [3.63, 3.8) is 0 Å². The van der Waals surface area contributed by atoms with Gasteiger partial charge in [-0.25, -0.2) is 4.39 Å². The molecule has 2 aromatic rings. The van der Waals surface area contributed by atoms with Gasteiger partial charge in [0.05, 0.1) is 0 Å². The van der Waals surface area contributed by atoms with Crippen molar-refractivity contribution in [3.8, 4) is 5.75 Å². The Morgan fingerprint density at radius 1 is 1.30 bits per heavy atom. The molecule has 0 aliphatic rings. The molecular formula is C14H11BrF2O2S. The van der Waals surface area contributed by atoms with Gasteiger partial charge in [0.2, 0.25) is 11.6 Å². The SMILES string of the molecule is Cc1cc(C(=O)COc2cc(Br)cc(F)c2F)c(C)s1. The van der Waals surface area contributed by atoms with Crippen LogP contribution in [-0.4, -0.2) is 12.4 Å². The number of thiophene rings is 1. The van der Waals surface area contributed by atoms with Gasteiger partial charge in [-0.1, -0.05) is 15.9 Å². The largest absolute Gasteiger partial charge is 0.482 e. The normalized spacial score (nSPS) is 10.7. The highest BCUT2D eigenvalue weighted by Crippen LogP contribution is 2.26. The number of hydrogen-bond donors (Lipinski definition) is 0. The summed E-state index contributed by atoms with van der Waals surface area (Å²) in [6, 6.07) is 4.05. The van der Waals surface area contributed by atoms with Crippen molar-refractivity contribution in [2.24, 2.45) is 0 Å². The number of Topliss-reactive ketones (excluding diaryl/α,β-unsaturated/α-hetero) is 1. The fraction of sp³-hybridized carbons (Fsp3) is 0.214. The first-order chi connectivity index (χ1) is 9.38. The number of ketones is 1. The maximum absolute atomic E-state index is 13.5. The van der Waals surface area contributed by atoms with E-state index in [1.807, 2.05) is 13.8 Å². The smallest absolute Gasteiger partial charge is 0.201 e. The predicted molar refractivity (Wildman–Crippen MR) is 77.7 cm³/mol. The second-order valence-electron chi connectivity index (χ2n) is 4.24. The summed E-state index contributed by atoms with van der Waals surface area (Å²) in [5, 5.41) is 0. The summed E-state index contributed by atoms with van der Waals surface area (Å²) in [6.45, 7) is 3.41. The first-order valence-corrected chi connectivity index (χ1v) is 7.37. The van der Waals surface area contributed by atoms with Gasteiger partial charge in [0.25, 0.3) is 0 Å². The van der Waals surface area contributed by atoms with Crippen LogP contribution < -0.4 is 4.74 Å². The molecule has 20 heavy (non-hydrogen) atoms. The predicted octanol–water partition coefficient (Wildman–Crippen LogP) is 4.67. The van der Waals surface area contributed by atoms with E-state index in [1.54, 1.807) is 6.07 Å². The van der Waals surface area contributed by atoms with Crippen LogP contribution in [0.25, 0.3) is 0 Å². The van der Waals surface area contributed by atoms with Crippen molar-refractivity contribution in [3.05, 3.63) is 49.6 Å². The number of carbonyl (C=O) groups is 1. The molecule has 1 aromatic heterocycles. The van der Waals surface area contributed by atoms with Crippen molar-refractivity contribution in [2.75, 3.05) is 6.61 Å². The van der Waals surface area contributed by atoms with Crippen LogP contribution in [0.15, 0.2) is 22.7 Å². The lowest BCUT2D eigenvalue weighted by Crippen LogP contribution is -2.12. The molecule has 0 radical (unpaired) electrons. The summed E-state index contributed by atoms with van der Waals surface area (Å²) in [5.74, 6) is -2.66. The second kappa shape index (κ2) is 6.01. The summed E-state index contributed by atoms with van der Waals surface area (Å²) in [5.41, 5.74) is 0.559. The minimum atomic E-state index is -1.10. The van der Waals surface area contributed by atoms with Gasteiger partial charge in [0.1, 0.15) is 0 Å². The Morgan fingerprint density at radius 3 is 2.60 bits per heavy atom. The van der Waals surface area contributed by atoms with E-state index < -0.39 is 11.6 Å². The number of carbonyl (C=O) groups excluding carboxylic acids is 1. The van der Waals surface area contributed by atoms with Crippen molar-refractivity contribution in [1.29, 1.82) is 0 Å². The lowest BCUT2D eigenvalue weighted by molar-refractivity contribution is 0.0918. The molecule has 0 saturated heterocycles. The third-order valence-corrected chi connectivity index (χ3v) is 4.08. The van der Waals surface area contributed by atoms with Crippen LogP contribution in [0.5, 0.6) is 5.75 Å². The van der Waals surface area contributed by atoms with Gasteiger partial charge < -0.3 is 4.74 Å². The van der Waals surface area contributed by atoms with E-state index in [-0.39, 0.29) is 18.1 Å². The maximum Gasteiger partial charge on any atom is 0.201 e. The first kappa shape index (κ1) is 15.1. The van der Waals surface area contributed by atoms with E-state index in [0.29, 0.717) is 10.0 Å². The number of halogens is 3. The highest BCUT2D eigenvalue weighted by Gasteiger charge is 2.16. The van der Waals surface area contributed by atoms with E-state index in [4.69, 9.17) is 4.74 Å². The highest BCUT2D eigenvalue weighted by atomic mass is 79.9. The minimum Gasteiger partial charge on any atom is -0.482 e. The lowest BCUT2D eigenvalue weighted by atomic mass is 10.2. The highest BCUT2D eigenvalue weighted by molar-refractivity contribution is 9.10.